The highest BCUT2D eigenvalue weighted by Gasteiger charge is 2.14. The van der Waals surface area contributed by atoms with Crippen molar-refractivity contribution >= 4 is 11.9 Å². The lowest BCUT2D eigenvalue weighted by Gasteiger charge is -2.13. The smallest absolute Gasteiger partial charge is 0.387 e. The van der Waals surface area contributed by atoms with Crippen LogP contribution in [0.3, 0.4) is 0 Å². The summed E-state index contributed by atoms with van der Waals surface area (Å²) in [5, 5.41) is 11.1. The van der Waals surface area contributed by atoms with E-state index in [0.29, 0.717) is 23.1 Å². The van der Waals surface area contributed by atoms with Crippen LogP contribution < -0.4 is 10.1 Å². The molecule has 1 aromatic carbocycles. The topological polar surface area (TPSA) is 75.6 Å². The van der Waals surface area contributed by atoms with Crippen LogP contribution in [0.15, 0.2) is 12.1 Å². The van der Waals surface area contributed by atoms with Crippen molar-refractivity contribution < 1.29 is 28.2 Å². The Balaban J connectivity index is 2.71. The third kappa shape index (κ3) is 5.37. The van der Waals surface area contributed by atoms with Crippen molar-refractivity contribution in [3.05, 3.63) is 28.8 Å². The average molecular weight is 301 g/mol. The van der Waals surface area contributed by atoms with Crippen molar-refractivity contribution in [2.45, 2.75) is 33.3 Å². The molecule has 21 heavy (non-hydrogen) atoms. The van der Waals surface area contributed by atoms with Gasteiger partial charge in [-0.2, -0.15) is 8.78 Å². The quantitative estimate of drug-likeness (QED) is 0.759. The average Bonchev–Trinajstić information content (AvgIpc) is 2.38. The number of carbonyl (C=O) groups is 2. The highest BCUT2D eigenvalue weighted by molar-refractivity contribution is 5.94. The zero-order chi connectivity index (χ0) is 16.0. The van der Waals surface area contributed by atoms with E-state index in [4.69, 9.17) is 5.11 Å². The van der Waals surface area contributed by atoms with E-state index in [1.54, 1.807) is 13.8 Å². The maximum absolute atomic E-state index is 12.3. The van der Waals surface area contributed by atoms with Gasteiger partial charge in [0.25, 0.3) is 5.91 Å². The van der Waals surface area contributed by atoms with Crippen molar-refractivity contribution in [2.75, 3.05) is 6.54 Å². The minimum absolute atomic E-state index is 0.0283. The Labute approximate surface area is 120 Å². The van der Waals surface area contributed by atoms with Gasteiger partial charge in [-0.25, -0.2) is 0 Å². The number of halogens is 2. The summed E-state index contributed by atoms with van der Waals surface area (Å²) < 4.78 is 28.9. The first-order valence-electron chi connectivity index (χ1n) is 6.37. The molecule has 0 aliphatic heterocycles. The molecular formula is C14H17F2NO4. The second-order valence-electron chi connectivity index (χ2n) is 4.57. The molecule has 5 nitrogen and oxygen atoms in total. The van der Waals surface area contributed by atoms with Gasteiger partial charge >= 0.3 is 12.6 Å². The van der Waals surface area contributed by atoms with Gasteiger partial charge < -0.3 is 15.2 Å². The first kappa shape index (κ1) is 16.9. The van der Waals surface area contributed by atoms with Crippen molar-refractivity contribution in [1.29, 1.82) is 0 Å². The lowest BCUT2D eigenvalue weighted by Crippen LogP contribution is -2.25. The fraction of sp³-hybridized carbons (Fsp3) is 0.429. The molecule has 0 heterocycles. The van der Waals surface area contributed by atoms with Crippen LogP contribution in [0.4, 0.5) is 8.78 Å². The number of hydrogen-bond acceptors (Lipinski definition) is 3. The molecule has 1 rings (SSSR count). The van der Waals surface area contributed by atoms with Crippen LogP contribution in [0, 0.1) is 13.8 Å². The zero-order valence-electron chi connectivity index (χ0n) is 11.8. The predicted molar refractivity (Wildman–Crippen MR) is 71.8 cm³/mol. The van der Waals surface area contributed by atoms with E-state index in [1.807, 2.05) is 0 Å². The molecule has 1 amide bonds. The van der Waals surface area contributed by atoms with Crippen molar-refractivity contribution in [3.8, 4) is 5.75 Å². The second kappa shape index (κ2) is 7.56. The van der Waals surface area contributed by atoms with Crippen molar-refractivity contribution in [3.63, 3.8) is 0 Å². The summed E-state index contributed by atoms with van der Waals surface area (Å²) in [5.41, 5.74) is 1.19. The van der Waals surface area contributed by atoms with Crippen LogP contribution in [-0.2, 0) is 4.79 Å². The van der Waals surface area contributed by atoms with Crippen LogP contribution in [0.5, 0.6) is 5.75 Å². The highest BCUT2D eigenvalue weighted by atomic mass is 19.3. The fourth-order valence-corrected chi connectivity index (χ4v) is 1.90. The van der Waals surface area contributed by atoms with Gasteiger partial charge in [0.15, 0.2) is 0 Å². The van der Waals surface area contributed by atoms with Crippen LogP contribution in [0.25, 0.3) is 0 Å². The van der Waals surface area contributed by atoms with Gasteiger partial charge in [0.1, 0.15) is 5.75 Å². The van der Waals surface area contributed by atoms with Crippen molar-refractivity contribution in [2.24, 2.45) is 0 Å². The molecule has 2 N–H and O–H groups in total. The monoisotopic (exact) mass is 301 g/mol. The van der Waals surface area contributed by atoms with E-state index in [1.165, 1.54) is 12.1 Å². The number of carbonyl (C=O) groups excluding carboxylic acids is 1. The molecular weight excluding hydrogens is 284 g/mol. The number of nitrogens with one attached hydrogen (secondary N) is 1. The second-order valence-corrected chi connectivity index (χ2v) is 4.57. The Morgan fingerprint density at radius 3 is 2.33 bits per heavy atom. The van der Waals surface area contributed by atoms with Gasteiger partial charge in [-0.3, -0.25) is 9.59 Å². The zero-order valence-corrected chi connectivity index (χ0v) is 11.8. The molecule has 0 aromatic heterocycles. The van der Waals surface area contributed by atoms with Gasteiger partial charge in [-0.1, -0.05) is 0 Å². The summed E-state index contributed by atoms with van der Waals surface area (Å²) in [5.74, 6) is -1.24. The third-order valence-corrected chi connectivity index (χ3v) is 2.78. The lowest BCUT2D eigenvalue weighted by molar-refractivity contribution is -0.137. The number of rotatable bonds is 7. The van der Waals surface area contributed by atoms with Gasteiger partial charge in [-0.05, 0) is 43.5 Å². The van der Waals surface area contributed by atoms with E-state index >= 15 is 0 Å². The maximum Gasteiger partial charge on any atom is 0.387 e. The van der Waals surface area contributed by atoms with E-state index in [2.05, 4.69) is 10.1 Å². The first-order chi connectivity index (χ1) is 9.81. The predicted octanol–water partition coefficient (Wildman–Crippen LogP) is 2.50. The third-order valence-electron chi connectivity index (χ3n) is 2.78. The van der Waals surface area contributed by atoms with E-state index < -0.39 is 12.6 Å². The molecule has 0 saturated heterocycles. The summed E-state index contributed by atoms with van der Waals surface area (Å²) in [6.07, 6.45) is 0.297. The summed E-state index contributed by atoms with van der Waals surface area (Å²) in [4.78, 5) is 22.2. The molecule has 116 valence electrons. The molecule has 0 aliphatic carbocycles. The minimum Gasteiger partial charge on any atom is -0.481 e. The molecule has 0 aliphatic rings. The molecule has 0 fully saturated rings. The highest BCUT2D eigenvalue weighted by Crippen LogP contribution is 2.26. The van der Waals surface area contributed by atoms with Crippen LogP contribution in [0.2, 0.25) is 0 Å². The number of aliphatic carboxylic acids is 1. The number of ether oxygens (including phenoxy) is 1. The van der Waals surface area contributed by atoms with Crippen molar-refractivity contribution in [1.82, 2.24) is 5.32 Å². The number of amides is 1. The molecule has 0 spiro atoms. The van der Waals surface area contributed by atoms with Gasteiger partial charge in [0.2, 0.25) is 0 Å². The van der Waals surface area contributed by atoms with E-state index in [9.17, 15) is 18.4 Å². The number of hydrogen-bond donors (Lipinski definition) is 2. The molecule has 0 radical (unpaired) electrons. The van der Waals surface area contributed by atoms with Gasteiger partial charge in [-0.15, -0.1) is 0 Å². The van der Waals surface area contributed by atoms with Crippen LogP contribution in [0.1, 0.15) is 34.3 Å². The Morgan fingerprint density at radius 2 is 1.86 bits per heavy atom. The summed E-state index contributed by atoms with van der Waals surface area (Å²) in [6.45, 7) is 0.467. The number of alkyl halides is 2. The summed E-state index contributed by atoms with van der Waals surface area (Å²) in [6, 6.07) is 2.91. The maximum atomic E-state index is 12.3. The van der Waals surface area contributed by atoms with E-state index in [0.717, 1.165) is 0 Å². The van der Waals surface area contributed by atoms with Crippen LogP contribution >= 0.6 is 0 Å². The molecule has 0 unspecified atom stereocenters. The number of carboxylic acid groups (broad SMARTS) is 1. The molecule has 7 heteroatoms. The standard InChI is InChI=1S/C14H17F2NO4/c1-8-6-10(7-9(2)12(8)21-14(15)16)13(20)17-5-3-4-11(18)19/h6-7,14H,3-5H2,1-2H3,(H,17,20)(H,18,19). The Hall–Kier alpha value is -2.18. The van der Waals surface area contributed by atoms with E-state index in [-0.39, 0.29) is 24.6 Å². The molecule has 0 atom stereocenters. The van der Waals surface area contributed by atoms with Gasteiger partial charge in [0, 0.05) is 18.5 Å². The lowest BCUT2D eigenvalue weighted by atomic mass is 10.1. The number of aryl methyl sites for hydroxylation is 2. The molecule has 1 aromatic rings. The van der Waals surface area contributed by atoms with Crippen LogP contribution in [-0.4, -0.2) is 30.1 Å². The molecule has 0 saturated carbocycles. The Morgan fingerprint density at radius 1 is 1.29 bits per heavy atom. The Kier molecular flexibility index (Phi) is 6.08. The SMILES string of the molecule is Cc1cc(C(=O)NCCCC(=O)O)cc(C)c1OC(F)F. The largest absolute Gasteiger partial charge is 0.481 e. The summed E-state index contributed by atoms with van der Waals surface area (Å²) >= 11 is 0. The first-order valence-corrected chi connectivity index (χ1v) is 6.37. The molecule has 0 bridgehead atoms. The number of benzene rings is 1. The normalized spacial score (nSPS) is 10.5. The Bertz CT molecular complexity index is 509. The summed E-state index contributed by atoms with van der Waals surface area (Å²) in [7, 11) is 0. The fourth-order valence-electron chi connectivity index (χ4n) is 1.90. The number of carboxylic acids is 1. The van der Waals surface area contributed by atoms with Gasteiger partial charge in [0.05, 0.1) is 0 Å². The minimum atomic E-state index is -2.92.